The zero-order valence-corrected chi connectivity index (χ0v) is 21.0. The summed E-state index contributed by atoms with van der Waals surface area (Å²) in [5.41, 5.74) is -0.576. The maximum Gasteiger partial charge on any atom is 0.356 e. The van der Waals surface area contributed by atoms with E-state index in [0.717, 1.165) is 69.8 Å². The molecule has 0 aromatic heterocycles. The Labute approximate surface area is 207 Å². The van der Waals surface area contributed by atoms with Gasteiger partial charge in [-0.2, -0.15) is 0 Å². The molecule has 2 spiro atoms. The minimum Gasteiger partial charge on any atom is -0.440 e. The topological polar surface area (TPSA) is 72.5 Å². The number of carbonyl (C=O) groups is 1. The van der Waals surface area contributed by atoms with Gasteiger partial charge in [0.25, 0.3) is 0 Å². The number of benzene rings is 1. The van der Waals surface area contributed by atoms with Crippen molar-refractivity contribution in [3.05, 3.63) is 59.6 Å². The molecule has 2 saturated heterocycles. The van der Waals surface area contributed by atoms with Crippen LogP contribution < -0.4 is 0 Å². The van der Waals surface area contributed by atoms with E-state index in [1.54, 1.807) is 27.2 Å². The molecular formula is C28H36O7. The molecule has 4 fully saturated rings. The van der Waals surface area contributed by atoms with Crippen molar-refractivity contribution in [2.24, 2.45) is 0 Å². The second-order valence-electron chi connectivity index (χ2n) is 10.1. The van der Waals surface area contributed by atoms with Gasteiger partial charge in [0.05, 0.1) is 5.56 Å². The summed E-state index contributed by atoms with van der Waals surface area (Å²) < 4.78 is 36.6. The van der Waals surface area contributed by atoms with E-state index in [4.69, 9.17) is 28.4 Å². The van der Waals surface area contributed by atoms with Crippen LogP contribution in [-0.2, 0) is 39.2 Å². The molecule has 1 aromatic rings. The number of ether oxygens (including phenoxy) is 6. The fourth-order valence-electron chi connectivity index (χ4n) is 5.89. The third-order valence-electron chi connectivity index (χ3n) is 7.78. The van der Waals surface area contributed by atoms with Gasteiger partial charge in [0.1, 0.15) is 22.7 Å². The lowest BCUT2D eigenvalue weighted by Crippen LogP contribution is -2.38. The predicted molar refractivity (Wildman–Crippen MR) is 128 cm³/mol. The fourth-order valence-corrected chi connectivity index (χ4v) is 5.89. The number of methoxy groups -OCH3 is 2. The molecule has 7 nitrogen and oxygen atoms in total. The maximum absolute atomic E-state index is 13.4. The Bertz CT molecular complexity index is 988. The highest BCUT2D eigenvalue weighted by Crippen LogP contribution is 2.52. The van der Waals surface area contributed by atoms with Gasteiger partial charge in [0, 0.05) is 33.3 Å². The molecule has 7 heteroatoms. The zero-order chi connectivity index (χ0) is 24.6. The lowest BCUT2D eigenvalue weighted by molar-refractivity contribution is -0.347. The standard InChI is InChI=1S/C28H36O7/c1-25(30-2)32-23(26(34-25)15-9-5-10-16-26)19-22(29)20-24-27(17-11-6-12-18-27)35-28(31-3,33-24)21-13-7-4-8-14-21/h4,7-8,13-14,19-20H,5-6,9-12,15-18H2,1-3H3/b23-19+,24-20+. The summed E-state index contributed by atoms with van der Waals surface area (Å²) in [6, 6.07) is 9.59. The van der Waals surface area contributed by atoms with Gasteiger partial charge >= 0.3 is 11.9 Å². The molecule has 1 aromatic carbocycles. The number of allylic oxidation sites excluding steroid dienone is 2. The van der Waals surface area contributed by atoms with Gasteiger partial charge in [-0.25, -0.2) is 0 Å². The van der Waals surface area contributed by atoms with Crippen molar-refractivity contribution in [2.45, 2.75) is 94.3 Å². The van der Waals surface area contributed by atoms with Crippen molar-refractivity contribution in [1.82, 2.24) is 0 Å². The van der Waals surface area contributed by atoms with Crippen LogP contribution in [0.25, 0.3) is 0 Å². The van der Waals surface area contributed by atoms with Crippen molar-refractivity contribution < 1.29 is 33.2 Å². The molecule has 2 aliphatic heterocycles. The van der Waals surface area contributed by atoms with Crippen LogP contribution in [0.5, 0.6) is 0 Å². The molecule has 0 radical (unpaired) electrons. The number of rotatable bonds is 5. The Hall–Kier alpha value is -2.19. The van der Waals surface area contributed by atoms with Crippen LogP contribution in [0.2, 0.25) is 0 Å². The molecule has 5 rings (SSSR count). The van der Waals surface area contributed by atoms with Gasteiger partial charge in [-0.15, -0.1) is 0 Å². The van der Waals surface area contributed by atoms with E-state index in [-0.39, 0.29) is 5.78 Å². The van der Waals surface area contributed by atoms with Crippen molar-refractivity contribution >= 4 is 5.78 Å². The summed E-state index contributed by atoms with van der Waals surface area (Å²) in [4.78, 5) is 13.4. The lowest BCUT2D eigenvalue weighted by Gasteiger charge is -2.33. The van der Waals surface area contributed by atoms with Crippen LogP contribution in [0.4, 0.5) is 0 Å². The van der Waals surface area contributed by atoms with Crippen LogP contribution in [0.15, 0.2) is 54.0 Å². The first-order valence-electron chi connectivity index (χ1n) is 12.8. The smallest absolute Gasteiger partial charge is 0.356 e. The van der Waals surface area contributed by atoms with Crippen LogP contribution >= 0.6 is 0 Å². The minimum atomic E-state index is -1.38. The lowest BCUT2D eigenvalue weighted by atomic mass is 9.82. The van der Waals surface area contributed by atoms with E-state index in [2.05, 4.69) is 0 Å². The van der Waals surface area contributed by atoms with E-state index in [1.807, 2.05) is 30.3 Å². The highest BCUT2D eigenvalue weighted by Gasteiger charge is 2.57. The van der Waals surface area contributed by atoms with Gasteiger partial charge in [-0.3, -0.25) is 9.53 Å². The largest absolute Gasteiger partial charge is 0.440 e. The molecule has 2 atom stereocenters. The van der Waals surface area contributed by atoms with E-state index >= 15 is 0 Å². The van der Waals surface area contributed by atoms with Crippen LogP contribution in [0, 0.1) is 0 Å². The fraction of sp³-hybridized carbons (Fsp3) is 0.607. The Morgan fingerprint density at radius 3 is 1.86 bits per heavy atom. The third kappa shape index (κ3) is 4.44. The summed E-state index contributed by atoms with van der Waals surface area (Å²) >= 11 is 0. The maximum atomic E-state index is 13.4. The zero-order valence-electron chi connectivity index (χ0n) is 21.0. The van der Waals surface area contributed by atoms with E-state index < -0.39 is 23.1 Å². The highest BCUT2D eigenvalue weighted by molar-refractivity contribution is 6.00. The van der Waals surface area contributed by atoms with Gasteiger partial charge in [0.2, 0.25) is 0 Å². The number of hydrogen-bond acceptors (Lipinski definition) is 7. The second-order valence-corrected chi connectivity index (χ2v) is 10.1. The molecule has 0 amide bonds. The van der Waals surface area contributed by atoms with Crippen molar-refractivity contribution in [1.29, 1.82) is 0 Å². The third-order valence-corrected chi connectivity index (χ3v) is 7.78. The molecule has 2 aliphatic carbocycles. The van der Waals surface area contributed by atoms with Crippen molar-refractivity contribution in [3.8, 4) is 0 Å². The van der Waals surface area contributed by atoms with Gasteiger partial charge in [-0.1, -0.05) is 56.7 Å². The summed E-state index contributed by atoms with van der Waals surface area (Å²) in [7, 11) is 3.12. The van der Waals surface area contributed by atoms with Gasteiger partial charge < -0.3 is 23.7 Å². The van der Waals surface area contributed by atoms with Crippen LogP contribution in [0.1, 0.15) is 76.7 Å². The summed E-state index contributed by atoms with van der Waals surface area (Å²) in [6.07, 6.45) is 12.5. The summed E-state index contributed by atoms with van der Waals surface area (Å²) in [5.74, 6) is -1.77. The molecule has 2 saturated carbocycles. The Morgan fingerprint density at radius 2 is 1.31 bits per heavy atom. The molecular weight excluding hydrogens is 448 g/mol. The summed E-state index contributed by atoms with van der Waals surface area (Å²) in [5, 5.41) is 0. The highest BCUT2D eigenvalue weighted by atomic mass is 16.9. The molecule has 0 bridgehead atoms. The molecule has 35 heavy (non-hydrogen) atoms. The van der Waals surface area contributed by atoms with E-state index in [9.17, 15) is 4.79 Å². The van der Waals surface area contributed by atoms with Crippen LogP contribution in [-0.4, -0.2) is 37.2 Å². The van der Waals surface area contributed by atoms with Gasteiger partial charge in [-0.05, 0) is 37.8 Å². The van der Waals surface area contributed by atoms with Crippen LogP contribution in [0.3, 0.4) is 0 Å². The average Bonchev–Trinajstić information content (AvgIpc) is 3.32. The van der Waals surface area contributed by atoms with Crippen molar-refractivity contribution in [3.63, 3.8) is 0 Å². The Balaban J connectivity index is 1.49. The quantitative estimate of drug-likeness (QED) is 0.504. The van der Waals surface area contributed by atoms with E-state index in [0.29, 0.717) is 11.5 Å². The van der Waals surface area contributed by atoms with Gasteiger partial charge in [0.15, 0.2) is 5.78 Å². The molecule has 2 heterocycles. The first-order valence-corrected chi connectivity index (χ1v) is 12.8. The predicted octanol–water partition coefficient (Wildman–Crippen LogP) is 5.60. The monoisotopic (exact) mass is 484 g/mol. The molecule has 0 N–H and O–H groups in total. The first kappa shape index (κ1) is 24.5. The van der Waals surface area contributed by atoms with Crippen molar-refractivity contribution in [2.75, 3.05) is 14.2 Å². The number of ketones is 1. The SMILES string of the molecule is COC1(C)O/C(=C/C(=O)/C=C2/OC(OC)(c3ccccc3)OC23CCCCC3)C2(CCCCC2)O1. The average molecular weight is 485 g/mol. The van der Waals surface area contributed by atoms with E-state index in [1.165, 1.54) is 6.08 Å². The summed E-state index contributed by atoms with van der Waals surface area (Å²) in [6.45, 7) is 1.74. The first-order chi connectivity index (χ1) is 16.9. The second kappa shape index (κ2) is 9.36. The normalized spacial score (nSPS) is 33.8. The minimum absolute atomic E-state index is 0.225. The molecule has 2 unspecified atom stereocenters. The molecule has 4 aliphatic rings. The number of carbonyl (C=O) groups excluding carboxylic acids is 1. The Kier molecular flexibility index (Phi) is 6.55. The number of hydrogen-bond donors (Lipinski definition) is 0. The molecule has 190 valence electrons. The Morgan fingerprint density at radius 1 is 0.771 bits per heavy atom.